The summed E-state index contributed by atoms with van der Waals surface area (Å²) in [5, 5.41) is 0. The molecule has 2 rings (SSSR count). The van der Waals surface area contributed by atoms with Crippen LogP contribution in [0.4, 0.5) is 0 Å². The number of rotatable bonds is 4. The number of carbonyl (C=O) groups excluding carboxylic acids is 2. The van der Waals surface area contributed by atoms with Crippen LogP contribution >= 0.6 is 15.9 Å². The lowest BCUT2D eigenvalue weighted by molar-refractivity contribution is -0.704. The molecule has 1 aromatic carbocycles. The van der Waals surface area contributed by atoms with Gasteiger partial charge in [-0.1, -0.05) is 28.1 Å². The number of carbonyl (C=O) groups is 2. The minimum atomic E-state index is -0.511. The smallest absolute Gasteiger partial charge is 0.254 e. The molecule has 0 bridgehead atoms. The molecule has 102 valence electrons. The van der Waals surface area contributed by atoms with E-state index in [-0.39, 0.29) is 5.78 Å². The Kier molecular flexibility index (Phi) is 4.29. The molecule has 0 saturated carbocycles. The second kappa shape index (κ2) is 5.96. The van der Waals surface area contributed by atoms with Gasteiger partial charge in [0, 0.05) is 23.0 Å². The third-order valence-electron chi connectivity index (χ3n) is 3.06. The highest BCUT2D eigenvalue weighted by molar-refractivity contribution is 9.10. The summed E-state index contributed by atoms with van der Waals surface area (Å²) in [5.74, 6) is -0.535. The largest absolute Gasteiger partial charge is 0.365 e. The van der Waals surface area contributed by atoms with Crippen molar-refractivity contribution in [2.24, 2.45) is 5.73 Å². The Balaban J connectivity index is 2.28. The number of primary amides is 1. The fraction of sp³-hybridized carbons (Fsp3) is 0.133. The van der Waals surface area contributed by atoms with E-state index in [4.69, 9.17) is 5.73 Å². The monoisotopic (exact) mass is 333 g/mol. The molecular formula is C15H14BrN2O2+. The summed E-state index contributed by atoms with van der Waals surface area (Å²) in [5.41, 5.74) is 6.24. The predicted molar refractivity (Wildman–Crippen MR) is 78.3 cm³/mol. The van der Waals surface area contributed by atoms with Gasteiger partial charge in [-0.25, -0.2) is 0 Å². The average molecular weight is 334 g/mol. The second-order valence-electron chi connectivity index (χ2n) is 4.45. The van der Waals surface area contributed by atoms with Crippen molar-refractivity contribution < 1.29 is 14.2 Å². The fourth-order valence-electron chi connectivity index (χ4n) is 1.87. The zero-order valence-electron chi connectivity index (χ0n) is 10.9. The molecule has 0 aliphatic heterocycles. The lowest BCUT2D eigenvalue weighted by Gasteiger charge is -2.07. The maximum absolute atomic E-state index is 12.4. The number of ketones is 1. The van der Waals surface area contributed by atoms with Gasteiger partial charge in [0.25, 0.3) is 5.91 Å². The topological polar surface area (TPSA) is 64.0 Å². The van der Waals surface area contributed by atoms with Crippen LogP contribution in [0, 0.1) is 0 Å². The molecule has 1 atom stereocenters. The molecule has 1 heterocycles. The number of amides is 1. The van der Waals surface area contributed by atoms with Crippen molar-refractivity contribution in [2.75, 3.05) is 0 Å². The lowest BCUT2D eigenvalue weighted by Crippen LogP contribution is -2.42. The highest BCUT2D eigenvalue weighted by atomic mass is 79.9. The van der Waals surface area contributed by atoms with E-state index in [9.17, 15) is 9.59 Å². The maximum Gasteiger partial charge on any atom is 0.254 e. The second-order valence-corrected chi connectivity index (χ2v) is 5.37. The molecule has 2 aromatic rings. The molecule has 4 nitrogen and oxygen atoms in total. The van der Waals surface area contributed by atoms with Crippen LogP contribution in [-0.2, 0) is 0 Å². The van der Waals surface area contributed by atoms with Gasteiger partial charge >= 0.3 is 0 Å². The van der Waals surface area contributed by atoms with E-state index in [1.807, 2.05) is 12.1 Å². The first-order chi connectivity index (χ1) is 9.49. The first kappa shape index (κ1) is 14.4. The van der Waals surface area contributed by atoms with Crippen LogP contribution in [0.15, 0.2) is 53.3 Å². The number of aromatic nitrogens is 1. The SMILES string of the molecule is CC(C(=O)c1ccc(Br)cc1)[n+]1cccc(C(N)=O)c1. The van der Waals surface area contributed by atoms with Gasteiger partial charge in [-0.3, -0.25) is 9.59 Å². The summed E-state index contributed by atoms with van der Waals surface area (Å²) in [6, 6.07) is 10.1. The Hall–Kier alpha value is -2.01. The van der Waals surface area contributed by atoms with E-state index in [0.29, 0.717) is 11.1 Å². The Labute approximate surface area is 125 Å². The number of benzene rings is 1. The Morgan fingerprint density at radius 2 is 1.80 bits per heavy atom. The molecule has 0 aliphatic carbocycles. The van der Waals surface area contributed by atoms with E-state index in [1.165, 1.54) is 0 Å². The summed E-state index contributed by atoms with van der Waals surface area (Å²) in [6.45, 7) is 1.79. The summed E-state index contributed by atoms with van der Waals surface area (Å²) < 4.78 is 2.61. The molecule has 0 spiro atoms. The van der Waals surface area contributed by atoms with Crippen molar-refractivity contribution in [3.8, 4) is 0 Å². The molecule has 2 N–H and O–H groups in total. The Bertz CT molecular complexity index is 653. The summed E-state index contributed by atoms with van der Waals surface area (Å²) in [6.07, 6.45) is 3.33. The van der Waals surface area contributed by atoms with Gasteiger partial charge in [0.2, 0.25) is 11.8 Å². The van der Waals surface area contributed by atoms with Gasteiger partial charge < -0.3 is 5.73 Å². The third kappa shape index (κ3) is 3.11. The normalized spacial score (nSPS) is 11.9. The quantitative estimate of drug-likeness (QED) is 0.689. The van der Waals surface area contributed by atoms with Gasteiger partial charge in [0.05, 0.1) is 0 Å². The van der Waals surface area contributed by atoms with E-state index in [2.05, 4.69) is 15.9 Å². The average Bonchev–Trinajstić information content (AvgIpc) is 2.46. The summed E-state index contributed by atoms with van der Waals surface area (Å²) in [7, 11) is 0. The van der Waals surface area contributed by atoms with Crippen LogP contribution in [0.5, 0.6) is 0 Å². The molecule has 5 heteroatoms. The minimum Gasteiger partial charge on any atom is -0.365 e. The molecule has 20 heavy (non-hydrogen) atoms. The van der Waals surface area contributed by atoms with Gasteiger partial charge in [-0.05, 0) is 18.2 Å². The number of pyridine rings is 1. The van der Waals surface area contributed by atoms with Crippen molar-refractivity contribution in [1.29, 1.82) is 0 Å². The number of nitrogens with zero attached hydrogens (tertiary/aromatic N) is 1. The number of nitrogens with two attached hydrogens (primary N) is 1. The van der Waals surface area contributed by atoms with Crippen LogP contribution in [0.25, 0.3) is 0 Å². The first-order valence-corrected chi connectivity index (χ1v) is 6.88. The predicted octanol–water partition coefficient (Wildman–Crippen LogP) is 2.28. The lowest BCUT2D eigenvalue weighted by atomic mass is 10.1. The molecule has 0 aliphatic rings. The van der Waals surface area contributed by atoms with Gasteiger partial charge in [0.15, 0.2) is 12.4 Å². The van der Waals surface area contributed by atoms with Crippen molar-refractivity contribution in [1.82, 2.24) is 0 Å². The Morgan fingerprint density at radius 1 is 1.15 bits per heavy atom. The minimum absolute atomic E-state index is 0.0240. The van der Waals surface area contributed by atoms with E-state index in [0.717, 1.165) is 4.47 Å². The number of halogens is 1. The first-order valence-electron chi connectivity index (χ1n) is 6.09. The van der Waals surface area contributed by atoms with E-state index < -0.39 is 11.9 Å². The summed E-state index contributed by atoms with van der Waals surface area (Å²) in [4.78, 5) is 23.6. The zero-order chi connectivity index (χ0) is 14.7. The molecule has 1 aromatic heterocycles. The van der Waals surface area contributed by atoms with E-state index >= 15 is 0 Å². The third-order valence-corrected chi connectivity index (χ3v) is 3.59. The molecule has 1 unspecified atom stereocenters. The molecule has 0 radical (unpaired) electrons. The highest BCUT2D eigenvalue weighted by Crippen LogP contribution is 2.14. The fourth-order valence-corrected chi connectivity index (χ4v) is 2.13. The maximum atomic E-state index is 12.4. The summed E-state index contributed by atoms with van der Waals surface area (Å²) >= 11 is 3.33. The van der Waals surface area contributed by atoms with Crippen LogP contribution in [0.1, 0.15) is 33.7 Å². The van der Waals surface area contributed by atoms with Crippen LogP contribution in [0.3, 0.4) is 0 Å². The van der Waals surface area contributed by atoms with Crippen molar-refractivity contribution in [3.05, 3.63) is 64.4 Å². The van der Waals surface area contributed by atoms with Gasteiger partial charge in [0.1, 0.15) is 5.56 Å². The molecule has 0 fully saturated rings. The number of Topliss-reactive ketones (excluding diaryl/α,β-unsaturated/α-hetero) is 1. The van der Waals surface area contributed by atoms with Gasteiger partial charge in [-0.15, -0.1) is 0 Å². The van der Waals surface area contributed by atoms with E-state index in [1.54, 1.807) is 48.1 Å². The molecule has 1 amide bonds. The van der Waals surface area contributed by atoms with Crippen LogP contribution in [0.2, 0.25) is 0 Å². The van der Waals surface area contributed by atoms with Gasteiger partial charge in [-0.2, -0.15) is 4.57 Å². The van der Waals surface area contributed by atoms with Crippen molar-refractivity contribution in [2.45, 2.75) is 13.0 Å². The molecule has 0 saturated heterocycles. The highest BCUT2D eigenvalue weighted by Gasteiger charge is 2.24. The molecular weight excluding hydrogens is 320 g/mol. The van der Waals surface area contributed by atoms with Crippen LogP contribution < -0.4 is 10.3 Å². The van der Waals surface area contributed by atoms with Crippen LogP contribution in [-0.4, -0.2) is 11.7 Å². The van der Waals surface area contributed by atoms with Crippen molar-refractivity contribution >= 4 is 27.6 Å². The number of hydrogen-bond acceptors (Lipinski definition) is 2. The zero-order valence-corrected chi connectivity index (χ0v) is 12.5. The standard InChI is InChI=1S/C15H13BrN2O2/c1-10(14(19)11-4-6-13(16)7-5-11)18-8-2-3-12(9-18)15(17)20/h2-10H,1H3,(H-,17,20)/p+1. The number of hydrogen-bond donors (Lipinski definition) is 1. The van der Waals surface area contributed by atoms with Crippen molar-refractivity contribution in [3.63, 3.8) is 0 Å². The Morgan fingerprint density at radius 3 is 2.40 bits per heavy atom.